The Labute approximate surface area is 145 Å². The van der Waals surface area contributed by atoms with Crippen LogP contribution in [0, 0.1) is 0 Å². The number of hydrogen-bond acceptors (Lipinski definition) is 6. The smallest absolute Gasteiger partial charge is 0.271 e. The second kappa shape index (κ2) is 7.60. The highest BCUT2D eigenvalue weighted by Crippen LogP contribution is 2.18. The minimum absolute atomic E-state index is 0.0667. The van der Waals surface area contributed by atoms with Crippen LogP contribution < -0.4 is 5.43 Å². The number of nitrogens with one attached hydrogen (secondary N) is 1. The van der Waals surface area contributed by atoms with Crippen LogP contribution in [-0.2, 0) is 14.8 Å². The van der Waals surface area contributed by atoms with E-state index in [1.165, 1.54) is 41.0 Å². The van der Waals surface area contributed by atoms with Crippen LogP contribution in [0.25, 0.3) is 0 Å². The highest BCUT2D eigenvalue weighted by molar-refractivity contribution is 7.89. The Morgan fingerprint density at radius 2 is 2.00 bits per heavy atom. The van der Waals surface area contributed by atoms with Gasteiger partial charge in [0, 0.05) is 18.7 Å². The molecule has 9 heteroatoms. The Hall–Kier alpha value is -2.49. The quantitative estimate of drug-likeness (QED) is 0.632. The van der Waals surface area contributed by atoms with Gasteiger partial charge < -0.3 is 9.15 Å². The number of benzene rings is 1. The standard InChI is InChI=1S/C16H17N3O5S/c20-16(18-17-12-14-4-2-8-24-14)13-3-1-5-15(11-13)25(21,22)19-6-9-23-10-7-19/h1-5,8,11-12H,6-7,9-10H2,(H,18,20)/b17-12-. The van der Waals surface area contributed by atoms with Crippen molar-refractivity contribution >= 4 is 22.1 Å². The number of morpholine rings is 1. The summed E-state index contributed by atoms with van der Waals surface area (Å²) in [7, 11) is -3.65. The first kappa shape index (κ1) is 17.3. The molecule has 1 aromatic heterocycles. The Kier molecular flexibility index (Phi) is 5.27. The third-order valence-corrected chi connectivity index (χ3v) is 5.50. The normalized spacial score (nSPS) is 16.2. The predicted molar refractivity (Wildman–Crippen MR) is 89.8 cm³/mol. The molecule has 8 nitrogen and oxygen atoms in total. The highest BCUT2D eigenvalue weighted by Gasteiger charge is 2.26. The topological polar surface area (TPSA) is 101 Å². The van der Waals surface area contributed by atoms with Gasteiger partial charge in [0.25, 0.3) is 5.91 Å². The van der Waals surface area contributed by atoms with Crippen molar-refractivity contribution < 1.29 is 22.4 Å². The number of carbonyl (C=O) groups is 1. The molecule has 1 N–H and O–H groups in total. The first-order chi connectivity index (χ1) is 12.1. The van der Waals surface area contributed by atoms with Crippen molar-refractivity contribution in [3.8, 4) is 0 Å². The molecule has 2 heterocycles. The molecule has 0 unspecified atom stereocenters. The Balaban J connectivity index is 1.73. The van der Waals surface area contributed by atoms with Gasteiger partial charge in [-0.1, -0.05) is 6.07 Å². The first-order valence-corrected chi connectivity index (χ1v) is 9.06. The molecule has 1 aromatic carbocycles. The summed E-state index contributed by atoms with van der Waals surface area (Å²) in [5.74, 6) is -0.0224. The molecule has 0 aliphatic carbocycles. The van der Waals surface area contributed by atoms with Crippen LogP contribution in [0.4, 0.5) is 0 Å². The molecule has 0 saturated carbocycles. The van der Waals surface area contributed by atoms with Gasteiger partial charge in [0.05, 0.1) is 30.6 Å². The summed E-state index contributed by atoms with van der Waals surface area (Å²) in [4.78, 5) is 12.2. The van der Waals surface area contributed by atoms with E-state index in [4.69, 9.17) is 9.15 Å². The summed E-state index contributed by atoms with van der Waals surface area (Å²) >= 11 is 0. The molecule has 0 radical (unpaired) electrons. The third kappa shape index (κ3) is 4.13. The summed E-state index contributed by atoms with van der Waals surface area (Å²) < 4.78 is 36.8. The van der Waals surface area contributed by atoms with Crippen molar-refractivity contribution in [2.24, 2.45) is 5.10 Å². The summed E-state index contributed by atoms with van der Waals surface area (Å²) in [6, 6.07) is 9.24. The van der Waals surface area contributed by atoms with E-state index in [0.29, 0.717) is 32.1 Å². The van der Waals surface area contributed by atoms with Gasteiger partial charge in [-0.25, -0.2) is 13.8 Å². The van der Waals surface area contributed by atoms with Gasteiger partial charge in [-0.3, -0.25) is 4.79 Å². The van der Waals surface area contributed by atoms with Gasteiger partial charge >= 0.3 is 0 Å². The number of hydrazone groups is 1. The van der Waals surface area contributed by atoms with Gasteiger partial charge in [0.1, 0.15) is 5.76 Å². The second-order valence-corrected chi connectivity index (χ2v) is 7.20. The Morgan fingerprint density at radius 3 is 2.72 bits per heavy atom. The fraction of sp³-hybridized carbons (Fsp3) is 0.250. The lowest BCUT2D eigenvalue weighted by atomic mass is 10.2. The fourth-order valence-corrected chi connectivity index (χ4v) is 3.77. The maximum Gasteiger partial charge on any atom is 0.271 e. The molecule has 1 aliphatic rings. The minimum atomic E-state index is -3.65. The number of carbonyl (C=O) groups excluding carboxylic acids is 1. The van der Waals surface area contributed by atoms with E-state index in [9.17, 15) is 13.2 Å². The Morgan fingerprint density at radius 1 is 1.20 bits per heavy atom. The summed E-state index contributed by atoms with van der Waals surface area (Å²) in [5, 5.41) is 3.78. The molecular weight excluding hydrogens is 346 g/mol. The van der Waals surface area contributed by atoms with Crippen molar-refractivity contribution in [2.75, 3.05) is 26.3 Å². The number of amides is 1. The van der Waals surface area contributed by atoms with E-state index in [-0.39, 0.29) is 10.5 Å². The van der Waals surface area contributed by atoms with E-state index < -0.39 is 15.9 Å². The molecule has 1 fully saturated rings. The van der Waals surface area contributed by atoms with Crippen LogP contribution in [0.5, 0.6) is 0 Å². The third-order valence-electron chi connectivity index (χ3n) is 3.61. The summed E-state index contributed by atoms with van der Waals surface area (Å²) in [6.45, 7) is 1.32. The van der Waals surface area contributed by atoms with E-state index in [2.05, 4.69) is 10.5 Å². The average molecular weight is 363 g/mol. The van der Waals surface area contributed by atoms with Crippen LogP contribution in [0.3, 0.4) is 0 Å². The molecule has 3 rings (SSSR count). The molecule has 132 valence electrons. The van der Waals surface area contributed by atoms with Gasteiger partial charge in [-0.05, 0) is 30.3 Å². The number of furan rings is 1. The zero-order valence-corrected chi connectivity index (χ0v) is 14.1. The van der Waals surface area contributed by atoms with Crippen molar-refractivity contribution in [3.63, 3.8) is 0 Å². The van der Waals surface area contributed by atoms with E-state index in [1.807, 2.05) is 0 Å². The van der Waals surface area contributed by atoms with Crippen LogP contribution in [-0.4, -0.2) is 51.1 Å². The largest absolute Gasteiger partial charge is 0.463 e. The second-order valence-electron chi connectivity index (χ2n) is 5.26. The molecule has 0 atom stereocenters. The molecule has 25 heavy (non-hydrogen) atoms. The van der Waals surface area contributed by atoms with Gasteiger partial charge in [0.15, 0.2) is 0 Å². The van der Waals surface area contributed by atoms with Crippen molar-refractivity contribution in [1.82, 2.24) is 9.73 Å². The van der Waals surface area contributed by atoms with Crippen molar-refractivity contribution in [1.29, 1.82) is 0 Å². The lowest BCUT2D eigenvalue weighted by Gasteiger charge is -2.26. The molecular formula is C16H17N3O5S. The molecule has 0 spiro atoms. The lowest BCUT2D eigenvalue weighted by molar-refractivity contribution is 0.0730. The zero-order valence-electron chi connectivity index (χ0n) is 13.3. The van der Waals surface area contributed by atoms with E-state index in [0.717, 1.165) is 0 Å². The Bertz CT molecular complexity index is 856. The van der Waals surface area contributed by atoms with Crippen molar-refractivity contribution in [2.45, 2.75) is 4.90 Å². The molecule has 1 aliphatic heterocycles. The molecule has 1 amide bonds. The first-order valence-electron chi connectivity index (χ1n) is 7.62. The summed E-state index contributed by atoms with van der Waals surface area (Å²) in [6.07, 6.45) is 2.84. The average Bonchev–Trinajstić information content (AvgIpc) is 3.16. The van der Waals surface area contributed by atoms with Crippen LogP contribution >= 0.6 is 0 Å². The minimum Gasteiger partial charge on any atom is -0.463 e. The van der Waals surface area contributed by atoms with Crippen LogP contribution in [0.2, 0.25) is 0 Å². The van der Waals surface area contributed by atoms with Gasteiger partial charge in [-0.2, -0.15) is 9.41 Å². The van der Waals surface area contributed by atoms with Gasteiger partial charge in [-0.15, -0.1) is 0 Å². The molecule has 0 bridgehead atoms. The SMILES string of the molecule is O=C(N/N=C\c1ccco1)c1cccc(S(=O)(=O)N2CCOCC2)c1. The zero-order chi connectivity index (χ0) is 17.7. The number of sulfonamides is 1. The van der Waals surface area contributed by atoms with Crippen molar-refractivity contribution in [3.05, 3.63) is 54.0 Å². The number of ether oxygens (including phenoxy) is 1. The maximum atomic E-state index is 12.6. The number of rotatable bonds is 5. The molecule has 1 saturated heterocycles. The highest BCUT2D eigenvalue weighted by atomic mass is 32.2. The number of hydrogen-bond donors (Lipinski definition) is 1. The van der Waals surface area contributed by atoms with E-state index >= 15 is 0 Å². The van der Waals surface area contributed by atoms with E-state index in [1.54, 1.807) is 12.1 Å². The van der Waals surface area contributed by atoms with Gasteiger partial charge in [0.2, 0.25) is 10.0 Å². The fourth-order valence-electron chi connectivity index (χ4n) is 2.32. The molecule has 2 aromatic rings. The monoisotopic (exact) mass is 363 g/mol. The predicted octanol–water partition coefficient (Wildman–Crippen LogP) is 1.06. The maximum absolute atomic E-state index is 12.6. The lowest BCUT2D eigenvalue weighted by Crippen LogP contribution is -2.40. The number of nitrogens with zero attached hydrogens (tertiary/aromatic N) is 2. The summed E-state index contributed by atoms with van der Waals surface area (Å²) in [5.41, 5.74) is 2.54. The van der Waals surface area contributed by atoms with Crippen LogP contribution in [0.15, 0.2) is 57.1 Å². The van der Waals surface area contributed by atoms with Crippen LogP contribution in [0.1, 0.15) is 16.1 Å².